The number of hydrogen-bond donors (Lipinski definition) is 0. The fraction of sp³-hybridized carbons (Fsp3) is 0.0909. The van der Waals surface area contributed by atoms with Gasteiger partial charge in [-0.2, -0.15) is 19.2 Å². The molecule has 0 saturated carbocycles. The summed E-state index contributed by atoms with van der Waals surface area (Å²) in [7, 11) is 2.04. The molecule has 0 N–H and O–H groups in total. The first-order valence-electron chi connectivity index (χ1n) is 4.27. The first kappa shape index (κ1) is 15.4. The molecule has 0 aliphatic carbocycles. The van der Waals surface area contributed by atoms with Crippen molar-refractivity contribution in [3.63, 3.8) is 0 Å². The van der Waals surface area contributed by atoms with Crippen LogP contribution in [0.2, 0.25) is 0 Å². The van der Waals surface area contributed by atoms with Crippen LogP contribution in [0.5, 0.6) is 0 Å². The zero-order valence-corrected chi connectivity index (χ0v) is 10.4. The average Bonchev–Trinajstić information content (AvgIpc) is 2.72. The molecule has 0 radical (unpaired) electrons. The van der Waals surface area contributed by atoms with Gasteiger partial charge in [0.1, 0.15) is 0 Å². The molecule has 0 nitrogen and oxygen atoms in total. The van der Waals surface area contributed by atoms with Crippen LogP contribution in [0.25, 0.3) is 0 Å². The molecule has 0 aromatic heterocycles. The first-order valence-corrected chi connectivity index (χ1v) is 4.84. The Hall–Kier alpha value is -0.561. The third-order valence-electron chi connectivity index (χ3n) is 1.71. The summed E-state index contributed by atoms with van der Waals surface area (Å²) >= 11 is 0. The predicted octanol–water partition coefficient (Wildman–Crippen LogP) is 3.33. The first-order chi connectivity index (χ1) is 7.02. The summed E-state index contributed by atoms with van der Waals surface area (Å²) in [5.41, 5.74) is -0.572. The van der Waals surface area contributed by atoms with Crippen LogP contribution in [0.15, 0.2) is 48.5 Å². The summed E-state index contributed by atoms with van der Waals surface area (Å²) in [6.45, 7) is 0. The summed E-state index contributed by atoms with van der Waals surface area (Å²) < 4.78 is 35.6. The molecule has 2 rings (SSSR count). The molecule has 0 saturated heterocycles. The van der Waals surface area contributed by atoms with E-state index < -0.39 is 11.7 Å². The van der Waals surface area contributed by atoms with E-state index in [0.717, 1.165) is 6.07 Å². The summed E-state index contributed by atoms with van der Waals surface area (Å²) in [5, 5.41) is 0.201. The summed E-state index contributed by atoms with van der Waals surface area (Å²) in [4.78, 5) is 0. The van der Waals surface area contributed by atoms with Gasteiger partial charge in [-0.25, -0.2) is 12.1 Å². The van der Waals surface area contributed by atoms with Gasteiger partial charge in [0.15, 0.2) is 0 Å². The Morgan fingerprint density at radius 2 is 1.50 bits per heavy atom. The molecule has 16 heavy (non-hydrogen) atoms. The van der Waals surface area contributed by atoms with Crippen molar-refractivity contribution in [2.45, 2.75) is 6.18 Å². The van der Waals surface area contributed by atoms with Gasteiger partial charge in [-0.1, -0.05) is 0 Å². The number of halogens is 3. The maximum Gasteiger partial charge on any atom is 0.370 e. The van der Waals surface area contributed by atoms with E-state index in [1.807, 2.05) is 39.6 Å². The second-order valence-electron chi connectivity index (χ2n) is 2.85. The molecule has 94 valence electrons. The molecular formula is C11H10F3FeP-6. The predicted molar refractivity (Wildman–Crippen MR) is 58.4 cm³/mol. The maximum absolute atomic E-state index is 11.9. The maximum atomic E-state index is 11.9. The fourth-order valence-corrected chi connectivity index (χ4v) is 1.38. The van der Waals surface area contributed by atoms with E-state index in [1.54, 1.807) is 0 Å². The largest absolute Gasteiger partial charge is 0.748 e. The Bertz CT molecular complexity index is 359. The second kappa shape index (κ2) is 6.90. The monoisotopic (exact) mass is 286 g/mol. The Labute approximate surface area is 105 Å². The molecule has 0 aliphatic heterocycles. The van der Waals surface area contributed by atoms with Crippen molar-refractivity contribution >= 4 is 14.5 Å². The smallest absolute Gasteiger partial charge is 0.370 e. The van der Waals surface area contributed by atoms with Crippen LogP contribution in [-0.2, 0) is 23.2 Å². The Morgan fingerprint density at radius 1 is 1.06 bits per heavy atom. The molecule has 0 amide bonds. The number of hydrogen-bond acceptors (Lipinski definition) is 0. The van der Waals surface area contributed by atoms with Crippen molar-refractivity contribution in [1.82, 2.24) is 0 Å². The van der Waals surface area contributed by atoms with Crippen molar-refractivity contribution < 1.29 is 30.2 Å². The van der Waals surface area contributed by atoms with E-state index in [1.165, 1.54) is 12.1 Å². The van der Waals surface area contributed by atoms with E-state index in [9.17, 15) is 13.2 Å². The normalized spacial score (nSPS) is 10.0. The molecule has 0 spiro atoms. The molecule has 0 fully saturated rings. The zero-order valence-electron chi connectivity index (χ0n) is 8.18. The third-order valence-corrected chi connectivity index (χ3v) is 2.21. The minimum atomic E-state index is -4.21. The van der Waals surface area contributed by atoms with Gasteiger partial charge in [0.2, 0.25) is 0 Å². The molecule has 5 heteroatoms. The average molecular weight is 286 g/mol. The molecule has 2 aromatic rings. The van der Waals surface area contributed by atoms with Crippen LogP contribution < -0.4 is 5.30 Å². The van der Waals surface area contributed by atoms with Crippen molar-refractivity contribution in [2.24, 2.45) is 0 Å². The molecule has 1 unspecified atom stereocenters. The van der Waals surface area contributed by atoms with E-state index in [4.69, 9.17) is 0 Å². The molecular weight excluding hydrogens is 276 g/mol. The quantitative estimate of drug-likeness (QED) is 0.396. The van der Waals surface area contributed by atoms with E-state index in [0.29, 0.717) is 0 Å². The number of alkyl halides is 3. The molecule has 0 bridgehead atoms. The van der Waals surface area contributed by atoms with Gasteiger partial charge in [-0.15, -0.1) is 14.5 Å². The van der Waals surface area contributed by atoms with Crippen LogP contribution in [-0.4, -0.2) is 0 Å². The van der Waals surface area contributed by atoms with E-state index in [2.05, 4.69) is 0 Å². The fourth-order valence-electron chi connectivity index (χ4n) is 1.01. The van der Waals surface area contributed by atoms with Gasteiger partial charge < -0.3 is 30.3 Å². The van der Waals surface area contributed by atoms with Crippen molar-refractivity contribution in [1.29, 1.82) is 0 Å². The topological polar surface area (TPSA) is 0 Å². The van der Waals surface area contributed by atoms with Crippen molar-refractivity contribution in [2.75, 3.05) is 0 Å². The minimum Gasteiger partial charge on any atom is -0.748 e. The van der Waals surface area contributed by atoms with Crippen molar-refractivity contribution in [3.05, 3.63) is 54.1 Å². The Morgan fingerprint density at radius 3 is 1.69 bits per heavy atom. The summed E-state index contributed by atoms with van der Waals surface area (Å²) in [6.07, 6.45) is -4.21. The molecule has 0 heterocycles. The molecule has 1 atom stereocenters. The van der Waals surface area contributed by atoms with Crippen LogP contribution in [0.4, 0.5) is 13.2 Å². The zero-order chi connectivity index (χ0) is 11.3. The summed E-state index contributed by atoms with van der Waals surface area (Å²) in [6, 6.07) is 13.8. The standard InChI is InChI=1S/C6H5F3P.C5H5.Fe/c7-6(8,9)4-2-1-3-5(4)10;1-2-4-5-3-1;/h1-3H,10H2;1-5H;/q-1;-5;. The van der Waals surface area contributed by atoms with Gasteiger partial charge in [-0.05, 0) is 5.56 Å². The molecule has 2 aromatic carbocycles. The van der Waals surface area contributed by atoms with Gasteiger partial charge >= 0.3 is 6.18 Å². The van der Waals surface area contributed by atoms with Crippen LogP contribution in [0, 0.1) is 0 Å². The van der Waals surface area contributed by atoms with E-state index >= 15 is 0 Å². The minimum absolute atomic E-state index is 0. The van der Waals surface area contributed by atoms with Crippen LogP contribution in [0.1, 0.15) is 5.56 Å². The number of rotatable bonds is 0. The molecule has 0 aliphatic rings. The Kier molecular flexibility index (Phi) is 6.66. The summed E-state index contributed by atoms with van der Waals surface area (Å²) in [5.74, 6) is 0. The van der Waals surface area contributed by atoms with Crippen LogP contribution in [0.3, 0.4) is 0 Å². The van der Waals surface area contributed by atoms with Crippen LogP contribution >= 0.6 is 9.24 Å². The van der Waals surface area contributed by atoms with Gasteiger partial charge in [0.05, 0.1) is 0 Å². The van der Waals surface area contributed by atoms with Gasteiger partial charge in [-0.3, -0.25) is 0 Å². The SMILES string of the molecule is FC(F)(F)[c-]1cccc1P.[Fe].[cH-]1[cH-][cH-][cH-][cH-]1. The van der Waals surface area contributed by atoms with Gasteiger partial charge in [0.25, 0.3) is 0 Å². The van der Waals surface area contributed by atoms with Gasteiger partial charge in [0, 0.05) is 17.1 Å². The second-order valence-corrected chi connectivity index (χ2v) is 3.48. The van der Waals surface area contributed by atoms with Crippen molar-refractivity contribution in [3.8, 4) is 0 Å². The van der Waals surface area contributed by atoms with E-state index in [-0.39, 0.29) is 22.4 Å². The third kappa shape index (κ3) is 4.98. The Balaban J connectivity index is 0.000000318.